The van der Waals surface area contributed by atoms with Crippen LogP contribution < -0.4 is 15.3 Å². The lowest BCUT2D eigenvalue weighted by atomic mass is 9.84. The maximum absolute atomic E-state index is 6.18. The largest absolute Gasteiger partial charge is 0.360 e. The highest BCUT2D eigenvalue weighted by Crippen LogP contribution is 2.33. The SMILES string of the molecule is Clc1cccc(CNc2nc(N[C@H](CC3CCCCC3)c3nc(-c4ccccc4)n[nH]3)cc(-[n+]3cnc[nH]3)n2)c1. The van der Waals surface area contributed by atoms with E-state index in [1.54, 1.807) is 17.3 Å². The van der Waals surface area contributed by atoms with Gasteiger partial charge in [0, 0.05) is 17.1 Å². The molecule has 0 spiro atoms. The maximum atomic E-state index is 6.18. The molecule has 1 aliphatic rings. The molecule has 1 atom stereocenters. The van der Waals surface area contributed by atoms with Gasteiger partial charge in [0.25, 0.3) is 5.82 Å². The first-order chi connectivity index (χ1) is 19.7. The van der Waals surface area contributed by atoms with Crippen molar-refractivity contribution in [2.75, 3.05) is 10.6 Å². The molecule has 4 N–H and O–H groups in total. The number of benzene rings is 2. The minimum Gasteiger partial charge on any atom is -0.360 e. The maximum Gasteiger partial charge on any atom is 0.302 e. The van der Waals surface area contributed by atoms with Crippen LogP contribution >= 0.6 is 11.6 Å². The number of rotatable bonds is 10. The van der Waals surface area contributed by atoms with Crippen molar-refractivity contribution in [3.8, 4) is 17.2 Å². The zero-order valence-corrected chi connectivity index (χ0v) is 22.8. The van der Waals surface area contributed by atoms with Crippen LogP contribution in [0, 0.1) is 5.92 Å². The van der Waals surface area contributed by atoms with E-state index >= 15 is 0 Å². The molecule has 1 aliphatic carbocycles. The number of H-pyrrole nitrogens is 2. The van der Waals surface area contributed by atoms with Crippen LogP contribution in [0.2, 0.25) is 5.02 Å². The Labute approximate surface area is 237 Å². The molecule has 204 valence electrons. The number of aromatic amines is 2. The summed E-state index contributed by atoms with van der Waals surface area (Å²) in [6, 6.07) is 19.6. The van der Waals surface area contributed by atoms with Crippen molar-refractivity contribution in [2.24, 2.45) is 5.92 Å². The highest BCUT2D eigenvalue weighted by atomic mass is 35.5. The molecule has 1 fully saturated rings. The molecule has 0 bridgehead atoms. The van der Waals surface area contributed by atoms with Gasteiger partial charge in [0.05, 0.1) is 12.1 Å². The van der Waals surface area contributed by atoms with E-state index in [-0.39, 0.29) is 6.04 Å². The molecule has 11 heteroatoms. The van der Waals surface area contributed by atoms with E-state index in [4.69, 9.17) is 26.6 Å². The molecule has 0 aliphatic heterocycles. The first-order valence-corrected chi connectivity index (χ1v) is 14.1. The summed E-state index contributed by atoms with van der Waals surface area (Å²) >= 11 is 6.18. The fraction of sp³-hybridized carbons (Fsp3) is 0.310. The van der Waals surface area contributed by atoms with Crippen molar-refractivity contribution >= 4 is 23.4 Å². The Morgan fingerprint density at radius 1 is 0.975 bits per heavy atom. The molecular weight excluding hydrogens is 524 g/mol. The summed E-state index contributed by atoms with van der Waals surface area (Å²) in [4.78, 5) is 18.6. The average molecular weight is 556 g/mol. The molecule has 2 aromatic carbocycles. The van der Waals surface area contributed by atoms with Crippen molar-refractivity contribution < 1.29 is 4.68 Å². The van der Waals surface area contributed by atoms with Gasteiger partial charge in [-0.3, -0.25) is 5.10 Å². The van der Waals surface area contributed by atoms with Crippen molar-refractivity contribution in [2.45, 2.75) is 51.1 Å². The molecule has 5 aromatic rings. The van der Waals surface area contributed by atoms with Crippen molar-refractivity contribution in [3.63, 3.8) is 0 Å². The van der Waals surface area contributed by atoms with E-state index in [1.165, 1.54) is 32.1 Å². The van der Waals surface area contributed by atoms with Gasteiger partial charge in [-0.25, -0.2) is 10.1 Å². The number of nitrogens with one attached hydrogen (secondary N) is 4. The molecule has 0 saturated heterocycles. The molecule has 40 heavy (non-hydrogen) atoms. The summed E-state index contributed by atoms with van der Waals surface area (Å²) in [5, 5.41) is 18.5. The lowest BCUT2D eigenvalue weighted by molar-refractivity contribution is -0.660. The molecule has 0 unspecified atom stereocenters. The second-order valence-corrected chi connectivity index (χ2v) is 10.6. The molecule has 0 radical (unpaired) electrons. The van der Waals surface area contributed by atoms with Gasteiger partial charge in [-0.15, -0.1) is 4.68 Å². The fourth-order valence-electron chi connectivity index (χ4n) is 5.21. The quantitative estimate of drug-likeness (QED) is 0.164. The number of hydrogen-bond donors (Lipinski definition) is 4. The Bertz CT molecular complexity index is 1510. The average Bonchev–Trinajstić information content (AvgIpc) is 3.70. The monoisotopic (exact) mass is 555 g/mol. The van der Waals surface area contributed by atoms with E-state index < -0.39 is 0 Å². The summed E-state index contributed by atoms with van der Waals surface area (Å²) in [6.45, 7) is 0.533. The van der Waals surface area contributed by atoms with Gasteiger partial charge in [-0.05, 0) is 30.0 Å². The van der Waals surface area contributed by atoms with Crippen LogP contribution in [0.15, 0.2) is 73.3 Å². The van der Waals surface area contributed by atoms with Crippen LogP contribution in [0.4, 0.5) is 11.8 Å². The second kappa shape index (κ2) is 12.3. The predicted molar refractivity (Wildman–Crippen MR) is 154 cm³/mol. The topological polar surface area (TPSA) is 124 Å². The number of aromatic nitrogens is 8. The van der Waals surface area contributed by atoms with Crippen LogP contribution in [0.3, 0.4) is 0 Å². The van der Waals surface area contributed by atoms with Crippen LogP contribution in [-0.2, 0) is 6.54 Å². The predicted octanol–water partition coefficient (Wildman–Crippen LogP) is 5.65. The van der Waals surface area contributed by atoms with E-state index in [9.17, 15) is 0 Å². The second-order valence-electron chi connectivity index (χ2n) is 10.2. The van der Waals surface area contributed by atoms with Gasteiger partial charge in [0.1, 0.15) is 11.6 Å². The van der Waals surface area contributed by atoms with E-state index in [1.807, 2.05) is 60.7 Å². The molecule has 10 nitrogen and oxygen atoms in total. The minimum absolute atomic E-state index is 0.0941. The van der Waals surface area contributed by atoms with E-state index in [0.29, 0.717) is 40.9 Å². The third-order valence-electron chi connectivity index (χ3n) is 7.23. The zero-order valence-electron chi connectivity index (χ0n) is 22.1. The van der Waals surface area contributed by atoms with E-state index in [0.717, 1.165) is 23.4 Å². The minimum atomic E-state index is -0.0941. The molecule has 0 amide bonds. The highest BCUT2D eigenvalue weighted by Gasteiger charge is 2.25. The molecule has 1 saturated carbocycles. The van der Waals surface area contributed by atoms with Gasteiger partial charge < -0.3 is 10.6 Å². The summed E-state index contributed by atoms with van der Waals surface area (Å²) < 4.78 is 1.75. The fourth-order valence-corrected chi connectivity index (χ4v) is 5.43. The summed E-state index contributed by atoms with van der Waals surface area (Å²) in [5.74, 6) is 3.92. The normalized spacial score (nSPS) is 14.6. The highest BCUT2D eigenvalue weighted by molar-refractivity contribution is 6.30. The zero-order chi connectivity index (χ0) is 27.1. The first kappa shape index (κ1) is 25.9. The number of hydrogen-bond acceptors (Lipinski definition) is 7. The van der Waals surface area contributed by atoms with E-state index in [2.05, 4.69) is 30.9 Å². The molecule has 6 rings (SSSR count). The third-order valence-corrected chi connectivity index (χ3v) is 7.47. The summed E-state index contributed by atoms with van der Waals surface area (Å²) in [7, 11) is 0. The van der Waals surface area contributed by atoms with Crippen molar-refractivity contribution in [1.29, 1.82) is 0 Å². The molecular formula is C29H32ClN10+. The van der Waals surface area contributed by atoms with Crippen molar-refractivity contribution in [3.05, 3.63) is 89.7 Å². The van der Waals surface area contributed by atoms with Gasteiger partial charge in [-0.1, -0.05) is 96.1 Å². The molecule has 3 heterocycles. The van der Waals surface area contributed by atoms with Gasteiger partial charge in [-0.2, -0.15) is 10.1 Å². The number of halogens is 1. The smallest absolute Gasteiger partial charge is 0.302 e. The lowest BCUT2D eigenvalue weighted by Gasteiger charge is -2.26. The van der Waals surface area contributed by atoms with Crippen LogP contribution in [0.25, 0.3) is 17.2 Å². The lowest BCUT2D eigenvalue weighted by Crippen LogP contribution is -2.33. The Morgan fingerprint density at radius 2 is 1.85 bits per heavy atom. The molecule has 3 aromatic heterocycles. The standard InChI is InChI=1S/C29H31ClN10/c30-23-13-7-10-21(14-23)17-32-29-35-25(16-26(36-29)40-19-31-18-33-40)34-24(15-20-8-3-1-4-9-20)28-37-27(38-39-28)22-11-5-2-6-12-22/h2,5-7,10-14,16,18-20,24H,1,3-4,8-9,15,17H2,(H3,32,34,35,36,37,38,39)/p+1/t24-/m1/s1. The number of nitrogens with zero attached hydrogens (tertiary/aromatic N) is 6. The van der Waals surface area contributed by atoms with Gasteiger partial charge in [0.2, 0.25) is 6.33 Å². The Morgan fingerprint density at radius 3 is 2.65 bits per heavy atom. The Hall–Kier alpha value is -4.31. The van der Waals surface area contributed by atoms with Gasteiger partial charge >= 0.3 is 5.95 Å². The number of anilines is 2. The van der Waals surface area contributed by atoms with Crippen LogP contribution in [-0.4, -0.2) is 35.2 Å². The van der Waals surface area contributed by atoms with Crippen LogP contribution in [0.1, 0.15) is 56.0 Å². The first-order valence-electron chi connectivity index (χ1n) is 13.7. The van der Waals surface area contributed by atoms with Crippen molar-refractivity contribution in [1.82, 2.24) is 35.2 Å². The Balaban J connectivity index is 1.29. The summed E-state index contributed by atoms with van der Waals surface area (Å²) in [6.07, 6.45) is 10.5. The Kier molecular flexibility index (Phi) is 7.95. The van der Waals surface area contributed by atoms with Crippen LogP contribution in [0.5, 0.6) is 0 Å². The third kappa shape index (κ3) is 6.45. The van der Waals surface area contributed by atoms with Gasteiger partial charge in [0.15, 0.2) is 12.2 Å². The summed E-state index contributed by atoms with van der Waals surface area (Å²) in [5.41, 5.74) is 2.02.